The monoisotopic (exact) mass is 1080 g/mol. The Balaban J connectivity index is 3.86. The third-order valence-electron chi connectivity index (χ3n) is 14.1. The van der Waals surface area contributed by atoms with Crippen molar-refractivity contribution in [1.82, 2.24) is 0 Å². The number of allylic oxidation sites excluding steroid dienone is 8. The molecule has 0 rings (SSSR count). The van der Waals surface area contributed by atoms with Crippen LogP contribution in [0.5, 0.6) is 0 Å². The van der Waals surface area contributed by atoms with E-state index in [1.54, 1.807) is 0 Å². The van der Waals surface area contributed by atoms with Crippen molar-refractivity contribution in [2.75, 3.05) is 47.5 Å². The molecule has 0 aliphatic carbocycles. The van der Waals surface area contributed by atoms with Crippen molar-refractivity contribution >= 4 is 19.8 Å². The summed E-state index contributed by atoms with van der Waals surface area (Å²) in [5.74, 6) is -0.883. The molecule has 1 N–H and O–H groups in total. The minimum absolute atomic E-state index is 0.0192. The number of phosphoric ester groups is 1. The van der Waals surface area contributed by atoms with Gasteiger partial charge in [0, 0.05) is 12.8 Å². The maximum absolute atomic E-state index is 12.7. The molecule has 0 bridgehead atoms. The number of nitrogens with zero attached hydrogens (tertiary/aromatic N) is 1. The lowest BCUT2D eigenvalue weighted by molar-refractivity contribution is -0.870. The molecular weight excluding hydrogens is 954 g/mol. The number of phosphoric acid groups is 1. The van der Waals surface area contributed by atoms with Gasteiger partial charge in [-0.25, -0.2) is 4.57 Å². The lowest BCUT2D eigenvalue weighted by Gasteiger charge is -2.24. The predicted octanol–water partition coefficient (Wildman–Crippen LogP) is 20.1. The smallest absolute Gasteiger partial charge is 0.462 e. The molecule has 2 atom stereocenters. The number of esters is 2. The van der Waals surface area contributed by atoms with Crippen LogP contribution in [0.3, 0.4) is 0 Å². The van der Waals surface area contributed by atoms with E-state index in [0.29, 0.717) is 17.4 Å². The molecule has 0 spiro atoms. The Kier molecular flexibility index (Phi) is 55.1. The van der Waals surface area contributed by atoms with Crippen LogP contribution in [0.4, 0.5) is 0 Å². The van der Waals surface area contributed by atoms with Gasteiger partial charge in [-0.1, -0.05) is 300 Å². The number of carbonyl (C=O) groups is 2. The standard InChI is InChI=1S/C65H122NO8P/c1-6-8-10-12-14-16-18-20-21-22-23-24-25-26-27-28-29-30-31-32-33-34-35-36-37-38-39-40-41-42-43-44-46-47-49-51-53-55-57-64(67)71-61-63(62-73-75(69,70)72-60-59-66(3,4)5)74-65(68)58-56-54-52-50-48-45-19-17-15-13-11-9-7-2/h9,11,15,17,45,48,52,54,63H,6-8,10,12-14,16,18-44,46-47,49-51,53,55-62H2,1-5H3/p+1/b11-9-,17-15-,48-45-,54-52-. The Morgan fingerprint density at radius 1 is 0.427 bits per heavy atom. The average molecular weight is 1080 g/mol. The lowest BCUT2D eigenvalue weighted by Crippen LogP contribution is -2.37. The molecule has 0 amide bonds. The first-order valence-corrected chi connectivity index (χ1v) is 33.4. The van der Waals surface area contributed by atoms with Gasteiger partial charge in [0.25, 0.3) is 0 Å². The topological polar surface area (TPSA) is 108 Å². The van der Waals surface area contributed by atoms with E-state index in [2.05, 4.69) is 50.3 Å². The van der Waals surface area contributed by atoms with Crippen molar-refractivity contribution in [2.24, 2.45) is 0 Å². The largest absolute Gasteiger partial charge is 0.472 e. The molecule has 0 fully saturated rings. The molecule has 0 radical (unpaired) electrons. The molecule has 0 aromatic rings. The van der Waals surface area contributed by atoms with Gasteiger partial charge in [-0.15, -0.1) is 0 Å². The Labute approximate surface area is 464 Å². The SMILES string of the molecule is CC/C=C\C/C=C\C/C=C\C/C=C\CCC(=O)OC(COC(=O)CCCCCCCCCCCCCCCCCCCCCCCCCCCCCCCCCCCCCCCC)COP(=O)(O)OCC[N+](C)(C)C. The lowest BCUT2D eigenvalue weighted by atomic mass is 10.0. The van der Waals surface area contributed by atoms with E-state index in [1.165, 1.54) is 225 Å². The van der Waals surface area contributed by atoms with Crippen molar-refractivity contribution in [1.29, 1.82) is 0 Å². The number of quaternary nitrogens is 1. The summed E-state index contributed by atoms with van der Waals surface area (Å²) in [4.78, 5) is 35.5. The van der Waals surface area contributed by atoms with E-state index in [-0.39, 0.29) is 32.0 Å². The highest BCUT2D eigenvalue weighted by molar-refractivity contribution is 7.47. The van der Waals surface area contributed by atoms with E-state index in [1.807, 2.05) is 33.3 Å². The van der Waals surface area contributed by atoms with Gasteiger partial charge >= 0.3 is 19.8 Å². The first-order valence-electron chi connectivity index (χ1n) is 31.9. The number of unbranched alkanes of at least 4 members (excludes halogenated alkanes) is 37. The highest BCUT2D eigenvalue weighted by atomic mass is 31.2. The Hall–Kier alpha value is -2.03. The Morgan fingerprint density at radius 3 is 1.11 bits per heavy atom. The number of rotatable bonds is 59. The van der Waals surface area contributed by atoms with Crippen molar-refractivity contribution in [3.8, 4) is 0 Å². The molecule has 0 saturated carbocycles. The third-order valence-corrected chi connectivity index (χ3v) is 15.1. The minimum Gasteiger partial charge on any atom is -0.462 e. The first-order chi connectivity index (χ1) is 36.5. The first kappa shape index (κ1) is 73.0. The number of carbonyl (C=O) groups excluding carboxylic acids is 2. The van der Waals surface area contributed by atoms with Crippen LogP contribution in [-0.4, -0.2) is 74.9 Å². The molecule has 0 saturated heterocycles. The second-order valence-electron chi connectivity index (χ2n) is 22.8. The van der Waals surface area contributed by atoms with E-state index in [4.69, 9.17) is 18.5 Å². The zero-order chi connectivity index (χ0) is 54.9. The normalized spacial score (nSPS) is 13.5. The quantitative estimate of drug-likeness (QED) is 0.0211. The molecule has 0 aliphatic rings. The summed E-state index contributed by atoms with van der Waals surface area (Å²) < 4.78 is 34.4. The zero-order valence-corrected chi connectivity index (χ0v) is 50.9. The third kappa shape index (κ3) is 61.1. The van der Waals surface area contributed by atoms with Gasteiger partial charge in [-0.3, -0.25) is 18.6 Å². The summed E-state index contributed by atoms with van der Waals surface area (Å²) in [6.45, 7) is 4.26. The summed E-state index contributed by atoms with van der Waals surface area (Å²) in [6.07, 6.45) is 72.7. The van der Waals surface area contributed by atoms with E-state index >= 15 is 0 Å². The number of hydrogen-bond acceptors (Lipinski definition) is 7. The fraction of sp³-hybridized carbons (Fsp3) is 0.846. The fourth-order valence-corrected chi connectivity index (χ4v) is 10.0. The second-order valence-corrected chi connectivity index (χ2v) is 24.2. The second kappa shape index (κ2) is 56.7. The van der Waals surface area contributed by atoms with Gasteiger partial charge in [-0.05, 0) is 38.5 Å². The van der Waals surface area contributed by atoms with E-state index < -0.39 is 26.5 Å². The molecule has 440 valence electrons. The summed E-state index contributed by atoms with van der Waals surface area (Å²) in [6, 6.07) is 0. The van der Waals surface area contributed by atoms with Crippen molar-refractivity contribution in [3.05, 3.63) is 48.6 Å². The van der Waals surface area contributed by atoms with Gasteiger partial charge in [-0.2, -0.15) is 0 Å². The Bertz CT molecular complexity index is 1410. The molecular formula is C65H123NO8P+. The van der Waals surface area contributed by atoms with Crippen LogP contribution in [-0.2, 0) is 32.7 Å². The highest BCUT2D eigenvalue weighted by Crippen LogP contribution is 2.43. The summed E-state index contributed by atoms with van der Waals surface area (Å²) in [7, 11) is 1.44. The van der Waals surface area contributed by atoms with Gasteiger partial charge in [0.2, 0.25) is 0 Å². The van der Waals surface area contributed by atoms with Crippen LogP contribution in [0.1, 0.15) is 303 Å². The molecule has 0 aliphatic heterocycles. The predicted molar refractivity (Wildman–Crippen MR) is 321 cm³/mol. The number of hydrogen-bond donors (Lipinski definition) is 1. The van der Waals surface area contributed by atoms with Crippen molar-refractivity contribution in [3.63, 3.8) is 0 Å². The zero-order valence-electron chi connectivity index (χ0n) is 50.0. The minimum atomic E-state index is -4.40. The van der Waals surface area contributed by atoms with Gasteiger partial charge < -0.3 is 18.9 Å². The molecule has 2 unspecified atom stereocenters. The summed E-state index contributed by atoms with van der Waals surface area (Å²) >= 11 is 0. The molecule has 0 aromatic carbocycles. The van der Waals surface area contributed by atoms with Crippen LogP contribution < -0.4 is 0 Å². The van der Waals surface area contributed by atoms with Crippen LogP contribution in [0.25, 0.3) is 0 Å². The van der Waals surface area contributed by atoms with E-state index in [0.717, 1.165) is 44.9 Å². The fourth-order valence-electron chi connectivity index (χ4n) is 9.27. The molecule has 75 heavy (non-hydrogen) atoms. The summed E-state index contributed by atoms with van der Waals surface area (Å²) in [5, 5.41) is 0. The maximum Gasteiger partial charge on any atom is 0.472 e. The van der Waals surface area contributed by atoms with Crippen LogP contribution >= 0.6 is 7.82 Å². The highest BCUT2D eigenvalue weighted by Gasteiger charge is 2.27. The molecule has 10 heteroatoms. The van der Waals surface area contributed by atoms with Gasteiger partial charge in [0.1, 0.15) is 19.8 Å². The van der Waals surface area contributed by atoms with Crippen LogP contribution in [0.15, 0.2) is 48.6 Å². The van der Waals surface area contributed by atoms with Gasteiger partial charge in [0.15, 0.2) is 6.10 Å². The molecule has 0 aromatic heterocycles. The van der Waals surface area contributed by atoms with Crippen LogP contribution in [0, 0.1) is 0 Å². The van der Waals surface area contributed by atoms with Crippen molar-refractivity contribution < 1.29 is 42.1 Å². The van der Waals surface area contributed by atoms with Crippen LogP contribution in [0.2, 0.25) is 0 Å². The molecule has 9 nitrogen and oxygen atoms in total. The maximum atomic E-state index is 12.7. The van der Waals surface area contributed by atoms with E-state index in [9.17, 15) is 19.0 Å². The number of likely N-dealkylation sites (N-methyl/N-ethyl adjacent to an activating group) is 1. The number of ether oxygens (including phenoxy) is 2. The summed E-state index contributed by atoms with van der Waals surface area (Å²) in [5.41, 5.74) is 0. The molecule has 0 heterocycles. The van der Waals surface area contributed by atoms with Crippen molar-refractivity contribution in [2.45, 2.75) is 309 Å². The van der Waals surface area contributed by atoms with Gasteiger partial charge in [0.05, 0.1) is 27.7 Å². The average Bonchev–Trinajstić information content (AvgIpc) is 3.37. The Morgan fingerprint density at radius 2 is 0.760 bits per heavy atom.